The average Bonchev–Trinajstić information content (AvgIpc) is 2.63. The molecule has 0 aromatic carbocycles. The molecule has 3 heterocycles. The van der Waals surface area contributed by atoms with E-state index in [4.69, 9.17) is 5.73 Å². The number of aromatic amines is 1. The molecule has 5 N–H and O–H groups in total. The van der Waals surface area contributed by atoms with Gasteiger partial charge in [-0.25, -0.2) is 9.97 Å². The Morgan fingerprint density at radius 2 is 2.23 bits per heavy atom. The SMILES string of the molecule is CNc1cc(-c2c[nH]c(=O)c(NC3CN(C(=O)C=CCN)C3)c2)ncn1. The van der Waals surface area contributed by atoms with E-state index < -0.39 is 0 Å². The number of aromatic nitrogens is 3. The van der Waals surface area contributed by atoms with Crippen molar-refractivity contribution < 1.29 is 4.79 Å². The van der Waals surface area contributed by atoms with Crippen LogP contribution in [0.2, 0.25) is 0 Å². The number of anilines is 2. The summed E-state index contributed by atoms with van der Waals surface area (Å²) >= 11 is 0. The number of amides is 1. The fraction of sp³-hybridized carbons (Fsp3) is 0.294. The lowest BCUT2D eigenvalue weighted by atomic mass is 10.1. The molecule has 0 bridgehead atoms. The van der Waals surface area contributed by atoms with Crippen LogP contribution in [0, 0.1) is 0 Å². The van der Waals surface area contributed by atoms with Crippen molar-refractivity contribution in [3.05, 3.63) is 47.2 Å². The third-order valence-corrected chi connectivity index (χ3v) is 4.07. The van der Waals surface area contributed by atoms with Crippen molar-refractivity contribution in [2.24, 2.45) is 5.73 Å². The van der Waals surface area contributed by atoms with Gasteiger partial charge in [0.15, 0.2) is 0 Å². The van der Waals surface area contributed by atoms with Gasteiger partial charge < -0.3 is 26.3 Å². The van der Waals surface area contributed by atoms with Crippen LogP contribution in [0.15, 0.2) is 41.6 Å². The molecule has 1 aliphatic rings. The molecule has 1 aliphatic heterocycles. The van der Waals surface area contributed by atoms with E-state index in [1.54, 1.807) is 36.4 Å². The first-order valence-corrected chi connectivity index (χ1v) is 8.25. The van der Waals surface area contributed by atoms with Crippen LogP contribution >= 0.6 is 0 Å². The van der Waals surface area contributed by atoms with E-state index >= 15 is 0 Å². The largest absolute Gasteiger partial charge is 0.374 e. The lowest BCUT2D eigenvalue weighted by Gasteiger charge is -2.39. The van der Waals surface area contributed by atoms with Crippen LogP contribution < -0.4 is 21.9 Å². The molecule has 1 fully saturated rings. The predicted octanol–water partition coefficient (Wildman–Crippen LogP) is 0.0112. The molecule has 0 atom stereocenters. The summed E-state index contributed by atoms with van der Waals surface area (Å²) in [7, 11) is 1.78. The first-order valence-electron chi connectivity index (χ1n) is 8.25. The number of likely N-dealkylation sites (tertiary alicyclic amines) is 1. The standard InChI is InChI=1S/C17H21N7O2/c1-19-15-6-13(21-10-22-15)11-5-14(17(26)20-7-11)23-12-8-24(9-12)16(25)3-2-4-18/h2-3,5-7,10,12,23H,4,8-9,18H2,1H3,(H,20,26)(H,19,21,22). The summed E-state index contributed by atoms with van der Waals surface area (Å²) in [4.78, 5) is 36.6. The minimum atomic E-state index is -0.218. The van der Waals surface area contributed by atoms with Gasteiger partial charge in [-0.05, 0) is 6.07 Å². The summed E-state index contributed by atoms with van der Waals surface area (Å²) < 4.78 is 0. The number of H-pyrrole nitrogens is 1. The highest BCUT2D eigenvalue weighted by molar-refractivity contribution is 5.88. The second-order valence-corrected chi connectivity index (χ2v) is 5.89. The molecule has 136 valence electrons. The van der Waals surface area contributed by atoms with Gasteiger partial charge in [0.05, 0.1) is 11.7 Å². The Kier molecular flexibility index (Phi) is 5.28. The fourth-order valence-corrected chi connectivity index (χ4v) is 2.63. The lowest BCUT2D eigenvalue weighted by Crippen LogP contribution is -2.57. The first kappa shape index (κ1) is 17.6. The Labute approximate surface area is 150 Å². The topological polar surface area (TPSA) is 129 Å². The van der Waals surface area contributed by atoms with E-state index in [2.05, 4.69) is 25.6 Å². The van der Waals surface area contributed by atoms with Crippen molar-refractivity contribution in [2.45, 2.75) is 6.04 Å². The van der Waals surface area contributed by atoms with E-state index in [0.717, 1.165) is 5.56 Å². The Balaban J connectivity index is 1.69. The monoisotopic (exact) mass is 355 g/mol. The predicted molar refractivity (Wildman–Crippen MR) is 99.8 cm³/mol. The van der Waals surface area contributed by atoms with Crippen LogP contribution in [-0.4, -0.2) is 58.5 Å². The molecule has 26 heavy (non-hydrogen) atoms. The van der Waals surface area contributed by atoms with Gasteiger partial charge in [-0.2, -0.15) is 0 Å². The van der Waals surface area contributed by atoms with Gasteiger partial charge in [0.2, 0.25) is 5.91 Å². The van der Waals surface area contributed by atoms with Gasteiger partial charge in [-0.15, -0.1) is 0 Å². The molecule has 0 saturated carbocycles. The van der Waals surface area contributed by atoms with Crippen molar-refractivity contribution in [2.75, 3.05) is 37.3 Å². The third-order valence-electron chi connectivity index (χ3n) is 4.07. The average molecular weight is 355 g/mol. The van der Waals surface area contributed by atoms with Crippen molar-refractivity contribution in [3.63, 3.8) is 0 Å². The number of pyridine rings is 1. The van der Waals surface area contributed by atoms with Crippen LogP contribution in [-0.2, 0) is 4.79 Å². The number of carbonyl (C=O) groups excluding carboxylic acids is 1. The summed E-state index contributed by atoms with van der Waals surface area (Å²) in [5.74, 6) is 0.617. The molecule has 2 aromatic rings. The summed E-state index contributed by atoms with van der Waals surface area (Å²) in [6.07, 6.45) is 6.17. The molecule has 2 aromatic heterocycles. The normalized spacial score (nSPS) is 14.3. The van der Waals surface area contributed by atoms with E-state index in [9.17, 15) is 9.59 Å². The highest BCUT2D eigenvalue weighted by atomic mass is 16.2. The zero-order chi connectivity index (χ0) is 18.5. The van der Waals surface area contributed by atoms with E-state index in [-0.39, 0.29) is 17.5 Å². The minimum absolute atomic E-state index is 0.0276. The smallest absolute Gasteiger partial charge is 0.271 e. The molecule has 3 rings (SSSR count). The number of carbonyl (C=O) groups is 1. The summed E-state index contributed by atoms with van der Waals surface area (Å²) in [5, 5.41) is 6.13. The Bertz CT molecular complexity index is 871. The maximum atomic E-state index is 12.1. The maximum Gasteiger partial charge on any atom is 0.271 e. The second-order valence-electron chi connectivity index (χ2n) is 5.89. The number of nitrogens with one attached hydrogen (secondary N) is 3. The van der Waals surface area contributed by atoms with Gasteiger partial charge in [0.25, 0.3) is 5.56 Å². The molecule has 1 amide bonds. The van der Waals surface area contributed by atoms with E-state index in [0.29, 0.717) is 36.8 Å². The fourth-order valence-electron chi connectivity index (χ4n) is 2.63. The zero-order valence-electron chi connectivity index (χ0n) is 14.4. The number of rotatable bonds is 6. The molecule has 0 spiro atoms. The highest BCUT2D eigenvalue weighted by Gasteiger charge is 2.29. The Morgan fingerprint density at radius 1 is 1.42 bits per heavy atom. The van der Waals surface area contributed by atoms with Gasteiger partial charge in [-0.3, -0.25) is 9.59 Å². The molecular weight excluding hydrogens is 334 g/mol. The van der Waals surface area contributed by atoms with Gasteiger partial charge in [-0.1, -0.05) is 6.08 Å². The van der Waals surface area contributed by atoms with Crippen molar-refractivity contribution in [3.8, 4) is 11.3 Å². The second kappa shape index (κ2) is 7.79. The van der Waals surface area contributed by atoms with Crippen LogP contribution in [0.4, 0.5) is 11.5 Å². The van der Waals surface area contributed by atoms with Crippen LogP contribution in [0.1, 0.15) is 0 Å². The lowest BCUT2D eigenvalue weighted by molar-refractivity contribution is -0.129. The molecule has 0 aliphatic carbocycles. The molecular formula is C17H21N7O2. The summed E-state index contributed by atoms with van der Waals surface area (Å²) in [6, 6.07) is 3.57. The maximum absolute atomic E-state index is 12.1. The minimum Gasteiger partial charge on any atom is -0.374 e. The summed E-state index contributed by atoms with van der Waals surface area (Å²) in [6.45, 7) is 1.41. The number of hydrogen-bond donors (Lipinski definition) is 4. The third kappa shape index (κ3) is 3.89. The van der Waals surface area contributed by atoms with Crippen LogP contribution in [0.3, 0.4) is 0 Å². The van der Waals surface area contributed by atoms with Crippen molar-refractivity contribution >= 4 is 17.4 Å². The number of hydrogen-bond acceptors (Lipinski definition) is 7. The van der Waals surface area contributed by atoms with Crippen molar-refractivity contribution in [1.82, 2.24) is 19.9 Å². The first-order chi connectivity index (χ1) is 12.6. The highest BCUT2D eigenvalue weighted by Crippen LogP contribution is 2.20. The summed E-state index contributed by atoms with van der Waals surface area (Å²) in [5.41, 5.74) is 7.03. The molecule has 9 heteroatoms. The van der Waals surface area contributed by atoms with Crippen LogP contribution in [0.25, 0.3) is 11.3 Å². The van der Waals surface area contributed by atoms with Gasteiger partial charge in [0, 0.05) is 50.6 Å². The van der Waals surface area contributed by atoms with Gasteiger partial charge in [0.1, 0.15) is 17.8 Å². The molecule has 1 saturated heterocycles. The Hall–Kier alpha value is -3.20. The number of nitrogens with two attached hydrogens (primary N) is 1. The van der Waals surface area contributed by atoms with Crippen molar-refractivity contribution in [1.29, 1.82) is 0 Å². The Morgan fingerprint density at radius 3 is 2.96 bits per heavy atom. The van der Waals surface area contributed by atoms with Gasteiger partial charge >= 0.3 is 0 Å². The molecule has 0 radical (unpaired) electrons. The number of nitrogens with zero attached hydrogens (tertiary/aromatic N) is 3. The molecule has 9 nitrogen and oxygen atoms in total. The molecule has 0 unspecified atom stereocenters. The van der Waals surface area contributed by atoms with E-state index in [1.807, 2.05) is 0 Å². The quantitative estimate of drug-likeness (QED) is 0.537. The van der Waals surface area contributed by atoms with E-state index in [1.165, 1.54) is 12.4 Å². The zero-order valence-corrected chi connectivity index (χ0v) is 14.4. The van der Waals surface area contributed by atoms with Crippen LogP contribution in [0.5, 0.6) is 0 Å².